The second-order valence-corrected chi connectivity index (χ2v) is 9.80. The number of benzene rings is 3. The van der Waals surface area contributed by atoms with Crippen molar-refractivity contribution >= 4 is 47.2 Å². The van der Waals surface area contributed by atoms with Gasteiger partial charge < -0.3 is 0 Å². The van der Waals surface area contributed by atoms with E-state index >= 15 is 0 Å². The van der Waals surface area contributed by atoms with Crippen LogP contribution in [0.15, 0.2) is 91.0 Å². The van der Waals surface area contributed by atoms with Crippen molar-refractivity contribution < 1.29 is 0 Å². The van der Waals surface area contributed by atoms with Crippen LogP contribution in [0, 0.1) is 0 Å². The van der Waals surface area contributed by atoms with E-state index in [0.29, 0.717) is 0 Å². The van der Waals surface area contributed by atoms with Gasteiger partial charge in [0.2, 0.25) is 0 Å². The van der Waals surface area contributed by atoms with Gasteiger partial charge in [0.15, 0.2) is 0 Å². The van der Waals surface area contributed by atoms with Crippen LogP contribution in [0.5, 0.6) is 0 Å². The average Bonchev–Trinajstić information content (AvgIpc) is 2.62. The van der Waals surface area contributed by atoms with Gasteiger partial charge in [-0.25, -0.2) is 0 Å². The molecule has 0 saturated carbocycles. The van der Waals surface area contributed by atoms with Crippen LogP contribution in [0.1, 0.15) is 13.3 Å². The van der Waals surface area contributed by atoms with Crippen LogP contribution < -0.4 is 15.9 Å². The standard InChI is InChI=1S/C21H23P.HI/c1-2-18-22(19-12-6-3-7-13-19,20-14-8-4-9-15-20)21-16-10-5-11-17-21;/h3-17,22H,2,18H2,1H3;1H. The van der Waals surface area contributed by atoms with Gasteiger partial charge in [0.25, 0.3) is 0 Å². The van der Waals surface area contributed by atoms with E-state index in [9.17, 15) is 0 Å². The Labute approximate surface area is 157 Å². The summed E-state index contributed by atoms with van der Waals surface area (Å²) in [6.45, 7) is 2.30. The molecule has 0 aromatic heterocycles. The Kier molecular flexibility index (Phi) is 6.80. The number of hydrogen-bond acceptors (Lipinski definition) is 0. The molecule has 23 heavy (non-hydrogen) atoms. The van der Waals surface area contributed by atoms with Crippen LogP contribution in [0.3, 0.4) is 0 Å². The summed E-state index contributed by atoms with van der Waals surface area (Å²) in [5.41, 5.74) is 0. The molecule has 0 heterocycles. The molecular formula is C21H24IP. The van der Waals surface area contributed by atoms with E-state index in [4.69, 9.17) is 0 Å². The smallest absolute Gasteiger partial charge is 0.107 e. The van der Waals surface area contributed by atoms with Crippen LogP contribution in [0.25, 0.3) is 0 Å². The summed E-state index contributed by atoms with van der Waals surface area (Å²) >= 11 is 0. The summed E-state index contributed by atoms with van der Waals surface area (Å²) in [4.78, 5) is 0. The van der Waals surface area contributed by atoms with E-state index in [-0.39, 0.29) is 24.0 Å². The Bertz CT molecular complexity index is 599. The molecule has 0 aliphatic carbocycles. The van der Waals surface area contributed by atoms with Crippen molar-refractivity contribution in [2.24, 2.45) is 0 Å². The molecule has 0 fully saturated rings. The molecule has 3 aromatic rings. The predicted octanol–water partition coefficient (Wildman–Crippen LogP) is 4.74. The summed E-state index contributed by atoms with van der Waals surface area (Å²) in [5.74, 6) is 0. The minimum Gasteiger partial charge on any atom is -0.107 e. The molecule has 120 valence electrons. The fourth-order valence-electron chi connectivity index (χ4n) is 3.48. The summed E-state index contributed by atoms with van der Waals surface area (Å²) in [6, 6.07) is 33.4. The zero-order valence-electron chi connectivity index (χ0n) is 13.5. The fraction of sp³-hybridized carbons (Fsp3) is 0.143. The minimum atomic E-state index is -1.92. The van der Waals surface area contributed by atoms with E-state index in [0.717, 1.165) is 0 Å². The molecular weight excluding hydrogens is 410 g/mol. The number of rotatable bonds is 5. The quantitative estimate of drug-likeness (QED) is 0.402. The van der Waals surface area contributed by atoms with Crippen molar-refractivity contribution in [2.45, 2.75) is 13.3 Å². The molecule has 2 heteroatoms. The zero-order chi connectivity index (χ0) is 15.3. The van der Waals surface area contributed by atoms with Crippen molar-refractivity contribution in [2.75, 3.05) is 6.16 Å². The summed E-state index contributed by atoms with van der Waals surface area (Å²) in [6.07, 6.45) is 2.44. The Morgan fingerprint density at radius 3 is 1.13 bits per heavy atom. The first-order chi connectivity index (χ1) is 10.9. The maximum atomic E-state index is 2.32. The number of halogens is 1. The van der Waals surface area contributed by atoms with Gasteiger partial charge in [0.1, 0.15) is 0 Å². The molecule has 0 aliphatic rings. The van der Waals surface area contributed by atoms with Gasteiger partial charge in [-0.1, -0.05) is 0 Å². The van der Waals surface area contributed by atoms with Crippen LogP contribution in [0.4, 0.5) is 0 Å². The van der Waals surface area contributed by atoms with Crippen LogP contribution >= 0.6 is 31.2 Å². The molecule has 0 aliphatic heterocycles. The minimum absolute atomic E-state index is 0. The Morgan fingerprint density at radius 1 is 0.565 bits per heavy atom. The molecule has 0 amide bonds. The first-order valence-electron chi connectivity index (χ1n) is 8.04. The van der Waals surface area contributed by atoms with E-state index in [1.54, 1.807) is 0 Å². The van der Waals surface area contributed by atoms with E-state index in [2.05, 4.69) is 97.9 Å². The summed E-state index contributed by atoms with van der Waals surface area (Å²) in [5, 5.41) is 4.53. The molecule has 0 radical (unpaired) electrons. The largest absolute Gasteiger partial charge is 0.107 e. The Morgan fingerprint density at radius 2 is 0.870 bits per heavy atom. The Hall–Kier alpha value is -1.18. The van der Waals surface area contributed by atoms with Crippen LogP contribution in [-0.2, 0) is 0 Å². The van der Waals surface area contributed by atoms with Crippen LogP contribution in [-0.4, -0.2) is 6.16 Å². The molecule has 0 bridgehead atoms. The van der Waals surface area contributed by atoms with Gasteiger partial charge in [-0.15, -0.1) is 24.0 Å². The van der Waals surface area contributed by atoms with Gasteiger partial charge in [-0.2, -0.15) is 0 Å². The summed E-state index contributed by atoms with van der Waals surface area (Å²) in [7, 11) is -1.92. The maximum Gasteiger partial charge on any atom is -0.107 e. The fourth-order valence-corrected chi connectivity index (χ4v) is 8.38. The van der Waals surface area contributed by atoms with Crippen molar-refractivity contribution in [1.29, 1.82) is 0 Å². The van der Waals surface area contributed by atoms with E-state index in [1.165, 1.54) is 28.5 Å². The third kappa shape index (κ3) is 3.67. The molecule has 0 N–H and O–H groups in total. The third-order valence-corrected chi connectivity index (χ3v) is 9.63. The second kappa shape index (κ2) is 8.61. The van der Waals surface area contributed by atoms with E-state index in [1.807, 2.05) is 0 Å². The average molecular weight is 434 g/mol. The third-order valence-electron chi connectivity index (χ3n) is 4.42. The summed E-state index contributed by atoms with van der Waals surface area (Å²) < 4.78 is 0. The van der Waals surface area contributed by atoms with E-state index < -0.39 is 7.26 Å². The van der Waals surface area contributed by atoms with Crippen molar-refractivity contribution in [1.82, 2.24) is 0 Å². The zero-order valence-corrected chi connectivity index (χ0v) is 16.8. The van der Waals surface area contributed by atoms with Crippen LogP contribution in [0.2, 0.25) is 0 Å². The molecule has 0 nitrogen and oxygen atoms in total. The van der Waals surface area contributed by atoms with Gasteiger partial charge in [0.05, 0.1) is 0 Å². The monoisotopic (exact) mass is 434 g/mol. The predicted molar refractivity (Wildman–Crippen MR) is 117 cm³/mol. The SMILES string of the molecule is CCC[PH](c1ccccc1)(c1ccccc1)c1ccccc1.I. The topological polar surface area (TPSA) is 0 Å². The first-order valence-corrected chi connectivity index (χ1v) is 10.2. The van der Waals surface area contributed by atoms with Crippen molar-refractivity contribution in [3.8, 4) is 0 Å². The van der Waals surface area contributed by atoms with Gasteiger partial charge in [-0.3, -0.25) is 0 Å². The Balaban J connectivity index is 0.00000192. The first kappa shape index (κ1) is 18.2. The molecule has 0 atom stereocenters. The molecule has 0 unspecified atom stereocenters. The molecule has 0 spiro atoms. The maximum absolute atomic E-state index is 2.32. The normalized spacial score (nSPS) is 11.5. The molecule has 3 rings (SSSR count). The van der Waals surface area contributed by atoms with Gasteiger partial charge >= 0.3 is 134 Å². The van der Waals surface area contributed by atoms with Gasteiger partial charge in [-0.05, 0) is 0 Å². The second-order valence-electron chi connectivity index (χ2n) is 5.75. The number of hydrogen-bond donors (Lipinski definition) is 0. The molecule has 3 aromatic carbocycles. The van der Waals surface area contributed by atoms with Crippen molar-refractivity contribution in [3.05, 3.63) is 91.0 Å². The van der Waals surface area contributed by atoms with Crippen molar-refractivity contribution in [3.63, 3.8) is 0 Å². The molecule has 0 saturated heterocycles. The van der Waals surface area contributed by atoms with Gasteiger partial charge in [0, 0.05) is 0 Å².